The van der Waals surface area contributed by atoms with Gasteiger partial charge in [-0.1, -0.05) is 84.4 Å². The van der Waals surface area contributed by atoms with E-state index in [4.69, 9.17) is 9.40 Å². The lowest BCUT2D eigenvalue weighted by Crippen LogP contribution is -2.10. The van der Waals surface area contributed by atoms with Crippen LogP contribution in [0, 0.1) is 0 Å². The van der Waals surface area contributed by atoms with Gasteiger partial charge in [-0.3, -0.25) is 0 Å². The summed E-state index contributed by atoms with van der Waals surface area (Å²) in [4.78, 5) is 5.04. The number of oxazole rings is 1. The molecule has 4 aromatic rings. The van der Waals surface area contributed by atoms with Crippen LogP contribution in [0.5, 0.6) is 5.75 Å². The first-order chi connectivity index (χ1) is 15.3. The number of allylic oxidation sites excluding steroid dienone is 2. The normalized spacial score (nSPS) is 16.1. The van der Waals surface area contributed by atoms with Gasteiger partial charge in [0.05, 0.1) is 5.92 Å². The lowest BCUT2D eigenvalue weighted by molar-refractivity contribution is 0.446. The van der Waals surface area contributed by atoms with Crippen LogP contribution < -0.4 is 0 Å². The molecule has 31 heavy (non-hydrogen) atoms. The van der Waals surface area contributed by atoms with Crippen LogP contribution in [0.15, 0.2) is 101 Å². The van der Waals surface area contributed by atoms with Crippen molar-refractivity contribution in [2.45, 2.75) is 31.6 Å². The van der Waals surface area contributed by atoms with Gasteiger partial charge in [0.1, 0.15) is 11.4 Å². The summed E-state index contributed by atoms with van der Waals surface area (Å²) < 4.78 is 6.49. The van der Waals surface area contributed by atoms with Crippen molar-refractivity contribution in [1.29, 1.82) is 0 Å². The molecule has 1 unspecified atom stereocenters. The number of aromatic nitrogens is 1. The third kappa shape index (κ3) is 4.17. The summed E-state index contributed by atoms with van der Waals surface area (Å²) in [6, 6.07) is 28.0. The topological polar surface area (TPSA) is 46.3 Å². The summed E-state index contributed by atoms with van der Waals surface area (Å²) in [5, 5.41) is 9.60. The minimum atomic E-state index is 0.169. The number of nitrogens with zero attached hydrogens (tertiary/aromatic N) is 1. The molecule has 1 N–H and O–H groups in total. The molecule has 1 atom stereocenters. The molecule has 1 aliphatic rings. The number of hydrogen-bond acceptors (Lipinski definition) is 3. The fourth-order valence-corrected chi connectivity index (χ4v) is 4.33. The zero-order chi connectivity index (χ0) is 21.0. The summed E-state index contributed by atoms with van der Waals surface area (Å²) in [6.45, 7) is 0. The van der Waals surface area contributed by atoms with Crippen molar-refractivity contribution < 1.29 is 9.52 Å². The van der Waals surface area contributed by atoms with Crippen LogP contribution >= 0.6 is 0 Å². The first-order valence-electron chi connectivity index (χ1n) is 10.9. The predicted octanol–water partition coefficient (Wildman–Crippen LogP) is 7.15. The van der Waals surface area contributed by atoms with E-state index in [9.17, 15) is 5.11 Å². The van der Waals surface area contributed by atoms with Gasteiger partial charge in [0.2, 0.25) is 5.89 Å². The van der Waals surface area contributed by atoms with E-state index < -0.39 is 0 Å². The van der Waals surface area contributed by atoms with Crippen molar-refractivity contribution in [1.82, 2.24) is 4.98 Å². The van der Waals surface area contributed by atoms with Gasteiger partial charge in [-0.2, -0.15) is 0 Å². The second kappa shape index (κ2) is 8.65. The zero-order valence-electron chi connectivity index (χ0n) is 17.4. The largest absolute Gasteiger partial charge is 0.508 e. The fraction of sp³-hybridized carbons (Fsp3) is 0.179. The molecule has 1 aliphatic carbocycles. The molecule has 0 amide bonds. The third-order valence-electron chi connectivity index (χ3n) is 5.92. The van der Waals surface area contributed by atoms with Gasteiger partial charge < -0.3 is 9.52 Å². The van der Waals surface area contributed by atoms with Gasteiger partial charge in [0.25, 0.3) is 0 Å². The highest BCUT2D eigenvalue weighted by Gasteiger charge is 2.27. The SMILES string of the molecule is Oc1ccc(CC2=CCCCC2c2nc(-c3ccccc3)c(-c3ccccc3)o2)cc1. The van der Waals surface area contributed by atoms with E-state index in [0.717, 1.165) is 54.2 Å². The molecule has 154 valence electrons. The minimum absolute atomic E-state index is 0.169. The summed E-state index contributed by atoms with van der Waals surface area (Å²) in [7, 11) is 0. The number of phenols is 1. The van der Waals surface area contributed by atoms with Crippen LogP contribution in [0.4, 0.5) is 0 Å². The number of rotatable bonds is 5. The van der Waals surface area contributed by atoms with Crippen molar-refractivity contribution >= 4 is 0 Å². The standard InChI is InChI=1S/C28H25NO2/c30-24-17-15-20(16-18-24)19-23-13-7-8-14-25(23)28-29-26(21-9-3-1-4-10-21)27(31-28)22-11-5-2-6-12-22/h1-6,9-13,15-18,25,30H,7-8,14,19H2. The maximum atomic E-state index is 9.60. The van der Waals surface area contributed by atoms with Crippen LogP contribution in [-0.4, -0.2) is 10.1 Å². The first kappa shape index (κ1) is 19.4. The summed E-state index contributed by atoms with van der Waals surface area (Å²) in [5.74, 6) is 2.09. The highest BCUT2D eigenvalue weighted by Crippen LogP contribution is 2.40. The van der Waals surface area contributed by atoms with E-state index in [2.05, 4.69) is 30.3 Å². The molecule has 3 heteroatoms. The van der Waals surface area contributed by atoms with Gasteiger partial charge in [-0.25, -0.2) is 4.98 Å². The summed E-state index contributed by atoms with van der Waals surface area (Å²) in [5.41, 5.74) is 5.54. The number of benzene rings is 3. The Kier molecular flexibility index (Phi) is 5.40. The molecule has 0 saturated heterocycles. The van der Waals surface area contributed by atoms with E-state index >= 15 is 0 Å². The molecule has 0 aliphatic heterocycles. The molecule has 1 heterocycles. The highest BCUT2D eigenvalue weighted by atomic mass is 16.4. The van der Waals surface area contributed by atoms with Gasteiger partial charge >= 0.3 is 0 Å². The van der Waals surface area contributed by atoms with E-state index in [1.807, 2.05) is 48.5 Å². The number of hydrogen-bond donors (Lipinski definition) is 1. The molecule has 0 saturated carbocycles. The van der Waals surface area contributed by atoms with Crippen molar-refractivity contribution in [3.05, 3.63) is 108 Å². The molecule has 0 bridgehead atoms. The predicted molar refractivity (Wildman–Crippen MR) is 124 cm³/mol. The molecule has 0 radical (unpaired) electrons. The van der Waals surface area contributed by atoms with Crippen LogP contribution in [0.25, 0.3) is 22.6 Å². The molecule has 1 aromatic heterocycles. The average Bonchev–Trinajstić information content (AvgIpc) is 3.27. The quantitative estimate of drug-likeness (QED) is 0.357. The Morgan fingerprint density at radius 3 is 2.23 bits per heavy atom. The van der Waals surface area contributed by atoms with E-state index in [1.165, 1.54) is 11.1 Å². The Bertz CT molecular complexity index is 1120. The lowest BCUT2D eigenvalue weighted by Gasteiger charge is -2.22. The van der Waals surface area contributed by atoms with Crippen LogP contribution in [0.3, 0.4) is 0 Å². The first-order valence-corrected chi connectivity index (χ1v) is 10.9. The van der Waals surface area contributed by atoms with Crippen molar-refractivity contribution in [2.75, 3.05) is 0 Å². The van der Waals surface area contributed by atoms with Gasteiger partial charge in [-0.05, 0) is 43.4 Å². The van der Waals surface area contributed by atoms with Gasteiger partial charge in [0.15, 0.2) is 5.76 Å². The van der Waals surface area contributed by atoms with Crippen molar-refractivity contribution in [3.63, 3.8) is 0 Å². The zero-order valence-corrected chi connectivity index (χ0v) is 17.4. The van der Waals surface area contributed by atoms with E-state index in [1.54, 1.807) is 12.1 Å². The van der Waals surface area contributed by atoms with Crippen molar-refractivity contribution in [2.24, 2.45) is 0 Å². The maximum absolute atomic E-state index is 9.60. The highest BCUT2D eigenvalue weighted by molar-refractivity contribution is 5.76. The number of phenolic OH excluding ortho intramolecular Hbond substituents is 1. The van der Waals surface area contributed by atoms with Crippen LogP contribution in [0.1, 0.15) is 36.6 Å². The van der Waals surface area contributed by atoms with Gasteiger partial charge in [0, 0.05) is 11.1 Å². The second-order valence-electron chi connectivity index (χ2n) is 8.07. The van der Waals surface area contributed by atoms with Crippen molar-refractivity contribution in [3.8, 4) is 28.3 Å². The third-order valence-corrected chi connectivity index (χ3v) is 5.92. The molecular weight excluding hydrogens is 382 g/mol. The fourth-order valence-electron chi connectivity index (χ4n) is 4.33. The smallest absolute Gasteiger partial charge is 0.202 e. The Morgan fingerprint density at radius 2 is 1.52 bits per heavy atom. The Labute approximate surface area is 182 Å². The molecule has 3 aromatic carbocycles. The molecule has 0 fully saturated rings. The van der Waals surface area contributed by atoms with E-state index in [-0.39, 0.29) is 5.92 Å². The second-order valence-corrected chi connectivity index (χ2v) is 8.07. The van der Waals surface area contributed by atoms with Crippen LogP contribution in [0.2, 0.25) is 0 Å². The molecular formula is C28H25NO2. The maximum Gasteiger partial charge on any atom is 0.202 e. The Balaban J connectivity index is 1.54. The average molecular weight is 408 g/mol. The molecule has 3 nitrogen and oxygen atoms in total. The Hall–Kier alpha value is -3.59. The lowest BCUT2D eigenvalue weighted by atomic mass is 9.84. The monoisotopic (exact) mass is 407 g/mol. The van der Waals surface area contributed by atoms with E-state index in [0.29, 0.717) is 5.75 Å². The molecule has 0 spiro atoms. The number of aromatic hydroxyl groups is 1. The summed E-state index contributed by atoms with van der Waals surface area (Å²) in [6.07, 6.45) is 6.44. The minimum Gasteiger partial charge on any atom is -0.508 e. The summed E-state index contributed by atoms with van der Waals surface area (Å²) >= 11 is 0. The van der Waals surface area contributed by atoms with Crippen LogP contribution in [-0.2, 0) is 6.42 Å². The van der Waals surface area contributed by atoms with Gasteiger partial charge in [-0.15, -0.1) is 0 Å². The molecule has 5 rings (SSSR count). The Morgan fingerprint density at radius 1 is 0.839 bits per heavy atom.